The molecule has 0 amide bonds. The molecule has 0 bridgehead atoms. The van der Waals surface area contributed by atoms with Gasteiger partial charge in [0.05, 0.1) is 5.39 Å². The third-order valence-corrected chi connectivity index (χ3v) is 3.41. The number of hydrogen-bond donors (Lipinski definition) is 1. The number of phenols is 1. The number of rotatable bonds is 3. The highest BCUT2D eigenvalue weighted by Gasteiger charge is 2.10. The quantitative estimate of drug-likeness (QED) is 0.452. The first-order valence-electron chi connectivity index (χ1n) is 7.19. The highest BCUT2D eigenvalue weighted by Crippen LogP contribution is 2.26. The fraction of sp³-hybridized carbons (Fsp3) is 0.0526. The smallest absolute Gasteiger partial charge is 0.338 e. The lowest BCUT2D eigenvalue weighted by Crippen LogP contribution is -2.08. The topological polar surface area (TPSA) is 76.7 Å². The molecule has 3 aromatic rings. The molecule has 5 nitrogen and oxygen atoms in total. The summed E-state index contributed by atoms with van der Waals surface area (Å²) in [4.78, 5) is 23.9. The predicted octanol–water partition coefficient (Wildman–Crippen LogP) is 3.65. The SMILES string of the molecule is C=C(C)C(=O)Oc1ccc2oc(-c3ccc(O)cc3)cc(=O)c2c1. The van der Waals surface area contributed by atoms with E-state index in [2.05, 4.69) is 6.58 Å². The summed E-state index contributed by atoms with van der Waals surface area (Å²) < 4.78 is 10.9. The predicted molar refractivity (Wildman–Crippen MR) is 90.0 cm³/mol. The van der Waals surface area contributed by atoms with Crippen LogP contribution in [0.1, 0.15) is 6.92 Å². The number of aromatic hydroxyl groups is 1. The highest BCUT2D eigenvalue weighted by molar-refractivity contribution is 5.89. The zero-order chi connectivity index (χ0) is 17.3. The van der Waals surface area contributed by atoms with Gasteiger partial charge in [0.25, 0.3) is 0 Å². The van der Waals surface area contributed by atoms with E-state index in [0.717, 1.165) is 0 Å². The molecule has 0 aliphatic carbocycles. The molecule has 1 heterocycles. The van der Waals surface area contributed by atoms with Crippen LogP contribution in [0, 0.1) is 0 Å². The molecule has 0 saturated carbocycles. The molecule has 0 radical (unpaired) electrons. The molecule has 0 aliphatic rings. The first-order valence-corrected chi connectivity index (χ1v) is 7.19. The Morgan fingerprint density at radius 2 is 1.83 bits per heavy atom. The van der Waals surface area contributed by atoms with E-state index in [1.807, 2.05) is 0 Å². The average molecular weight is 322 g/mol. The first kappa shape index (κ1) is 15.6. The van der Waals surface area contributed by atoms with Crippen molar-refractivity contribution in [3.05, 3.63) is 70.9 Å². The number of carbonyl (C=O) groups is 1. The number of phenolic OH excluding ortho intramolecular Hbond substituents is 1. The van der Waals surface area contributed by atoms with Gasteiger partial charge >= 0.3 is 5.97 Å². The van der Waals surface area contributed by atoms with E-state index in [1.165, 1.54) is 24.3 Å². The van der Waals surface area contributed by atoms with Crippen molar-refractivity contribution >= 4 is 16.9 Å². The molecule has 0 aliphatic heterocycles. The number of hydrogen-bond acceptors (Lipinski definition) is 5. The third-order valence-electron chi connectivity index (χ3n) is 3.41. The van der Waals surface area contributed by atoms with E-state index in [-0.39, 0.29) is 22.5 Å². The molecule has 0 unspecified atom stereocenters. The van der Waals surface area contributed by atoms with Gasteiger partial charge in [-0.25, -0.2) is 4.79 Å². The van der Waals surface area contributed by atoms with Crippen LogP contribution in [0.3, 0.4) is 0 Å². The molecule has 120 valence electrons. The van der Waals surface area contributed by atoms with Crippen molar-refractivity contribution in [3.63, 3.8) is 0 Å². The van der Waals surface area contributed by atoms with Crippen LogP contribution >= 0.6 is 0 Å². The fourth-order valence-corrected chi connectivity index (χ4v) is 2.16. The van der Waals surface area contributed by atoms with E-state index < -0.39 is 5.97 Å². The molecule has 0 spiro atoms. The van der Waals surface area contributed by atoms with Gasteiger partial charge in [0, 0.05) is 17.2 Å². The Kier molecular flexibility index (Phi) is 3.92. The molecule has 5 heteroatoms. The minimum Gasteiger partial charge on any atom is -0.508 e. The maximum Gasteiger partial charge on any atom is 0.338 e. The van der Waals surface area contributed by atoms with Crippen molar-refractivity contribution in [2.24, 2.45) is 0 Å². The summed E-state index contributed by atoms with van der Waals surface area (Å²) >= 11 is 0. The lowest BCUT2D eigenvalue weighted by Gasteiger charge is -2.06. The van der Waals surface area contributed by atoms with Crippen LogP contribution < -0.4 is 10.2 Å². The van der Waals surface area contributed by atoms with Crippen molar-refractivity contribution in [3.8, 4) is 22.8 Å². The number of ether oxygens (including phenoxy) is 1. The molecule has 0 saturated heterocycles. The van der Waals surface area contributed by atoms with Gasteiger partial charge in [-0.15, -0.1) is 0 Å². The summed E-state index contributed by atoms with van der Waals surface area (Å²) in [5.41, 5.74) is 1.06. The van der Waals surface area contributed by atoms with Gasteiger partial charge < -0.3 is 14.3 Å². The number of esters is 1. The first-order chi connectivity index (χ1) is 11.4. The second-order valence-electron chi connectivity index (χ2n) is 5.35. The number of fused-ring (bicyclic) bond motifs is 1. The Morgan fingerprint density at radius 3 is 2.50 bits per heavy atom. The van der Waals surface area contributed by atoms with Crippen molar-refractivity contribution < 1.29 is 19.1 Å². The van der Waals surface area contributed by atoms with E-state index in [0.29, 0.717) is 22.3 Å². The molecule has 0 atom stereocenters. The second kappa shape index (κ2) is 6.04. The Labute approximate surface area is 137 Å². The summed E-state index contributed by atoms with van der Waals surface area (Å²) in [5, 5.41) is 9.64. The van der Waals surface area contributed by atoms with Gasteiger partial charge in [0.15, 0.2) is 5.43 Å². The van der Waals surface area contributed by atoms with Crippen molar-refractivity contribution in [1.82, 2.24) is 0 Å². The second-order valence-corrected chi connectivity index (χ2v) is 5.35. The molecular weight excluding hydrogens is 308 g/mol. The van der Waals surface area contributed by atoms with E-state index in [4.69, 9.17) is 9.15 Å². The Morgan fingerprint density at radius 1 is 1.12 bits per heavy atom. The van der Waals surface area contributed by atoms with Gasteiger partial charge in [-0.2, -0.15) is 0 Å². The van der Waals surface area contributed by atoms with E-state index >= 15 is 0 Å². The van der Waals surface area contributed by atoms with Crippen molar-refractivity contribution in [2.75, 3.05) is 0 Å². The summed E-state index contributed by atoms with van der Waals surface area (Å²) in [6.45, 7) is 5.05. The van der Waals surface area contributed by atoms with Crippen LogP contribution in [0.15, 0.2) is 69.9 Å². The zero-order valence-corrected chi connectivity index (χ0v) is 12.9. The Balaban J connectivity index is 2.04. The maximum absolute atomic E-state index is 12.3. The van der Waals surface area contributed by atoms with Crippen LogP contribution in [0.25, 0.3) is 22.3 Å². The number of carbonyl (C=O) groups excluding carboxylic acids is 1. The molecule has 1 N–H and O–H groups in total. The average Bonchev–Trinajstić information content (AvgIpc) is 2.55. The van der Waals surface area contributed by atoms with Gasteiger partial charge in [-0.1, -0.05) is 6.58 Å². The summed E-state index contributed by atoms with van der Waals surface area (Å²) in [6, 6.07) is 12.3. The minimum atomic E-state index is -0.556. The zero-order valence-electron chi connectivity index (χ0n) is 12.9. The monoisotopic (exact) mass is 322 g/mol. The standard InChI is InChI=1S/C19H14O5/c1-11(2)19(22)23-14-7-8-17-15(9-14)16(21)10-18(24-17)12-3-5-13(20)6-4-12/h3-10,20H,1H2,2H3. The molecular formula is C19H14O5. The number of benzene rings is 2. The van der Waals surface area contributed by atoms with Crippen LogP contribution in [-0.2, 0) is 4.79 Å². The maximum atomic E-state index is 12.3. The lowest BCUT2D eigenvalue weighted by molar-refractivity contribution is -0.130. The largest absolute Gasteiger partial charge is 0.508 e. The summed E-state index contributed by atoms with van der Waals surface area (Å²) in [5.74, 6) is 0.213. The summed E-state index contributed by atoms with van der Waals surface area (Å²) in [6.07, 6.45) is 0. The van der Waals surface area contributed by atoms with Crippen LogP contribution in [0.5, 0.6) is 11.5 Å². The minimum absolute atomic E-state index is 0.130. The molecule has 3 rings (SSSR count). The molecule has 0 fully saturated rings. The van der Waals surface area contributed by atoms with Crippen molar-refractivity contribution in [2.45, 2.75) is 6.92 Å². The van der Waals surface area contributed by atoms with Gasteiger partial charge in [0.2, 0.25) is 0 Å². The Hall–Kier alpha value is -3.34. The third kappa shape index (κ3) is 3.05. The molecule has 1 aromatic heterocycles. The van der Waals surface area contributed by atoms with Gasteiger partial charge in [-0.3, -0.25) is 4.79 Å². The van der Waals surface area contributed by atoms with Gasteiger partial charge in [-0.05, 0) is 49.4 Å². The molecule has 2 aromatic carbocycles. The summed E-state index contributed by atoms with van der Waals surface area (Å²) in [7, 11) is 0. The Bertz CT molecular complexity index is 996. The van der Waals surface area contributed by atoms with E-state index in [1.54, 1.807) is 31.2 Å². The normalized spacial score (nSPS) is 10.5. The lowest BCUT2D eigenvalue weighted by atomic mass is 10.1. The van der Waals surface area contributed by atoms with E-state index in [9.17, 15) is 14.7 Å². The van der Waals surface area contributed by atoms with Crippen LogP contribution in [-0.4, -0.2) is 11.1 Å². The molecule has 24 heavy (non-hydrogen) atoms. The fourth-order valence-electron chi connectivity index (χ4n) is 2.16. The van der Waals surface area contributed by atoms with Crippen LogP contribution in [0.2, 0.25) is 0 Å². The van der Waals surface area contributed by atoms with Crippen molar-refractivity contribution in [1.29, 1.82) is 0 Å². The van der Waals surface area contributed by atoms with Crippen LogP contribution in [0.4, 0.5) is 0 Å². The van der Waals surface area contributed by atoms with Gasteiger partial charge in [0.1, 0.15) is 22.8 Å². The highest BCUT2D eigenvalue weighted by atomic mass is 16.5.